The molecule has 0 spiro atoms. The fraction of sp³-hybridized carbons (Fsp3) is 1.00. The molecule has 0 aliphatic carbocycles. The topological polar surface area (TPSA) is 66.3 Å². The molecule has 0 heterocycles. The summed E-state index contributed by atoms with van der Waals surface area (Å²) < 4.78 is 24.5. The van der Waals surface area contributed by atoms with Crippen LogP contribution < -0.4 is 27.9 Å². The highest BCUT2D eigenvalue weighted by atomic mass is 127. The molecule has 0 rings (SSSR count). The van der Waals surface area contributed by atoms with Crippen LogP contribution >= 0.6 is 22.6 Å². The van der Waals surface area contributed by atoms with Crippen molar-refractivity contribution in [2.75, 3.05) is 4.93 Å². The molecule has 6 heavy (non-hydrogen) atoms. The minimum absolute atomic E-state index is 1.97. The quantitative estimate of drug-likeness (QED) is 0.360. The standard InChI is InChI=1S/CH3I.HIO3/c1-2;2-1(3)4/h1H3;2H. The van der Waals surface area contributed by atoms with Gasteiger partial charge in [-0.15, -0.1) is 0 Å². The first-order valence-corrected chi connectivity index (χ1v) is 5.74. The van der Waals surface area contributed by atoms with E-state index in [0.717, 1.165) is 0 Å². The molecule has 0 atom stereocenters. The average Bonchev–Trinajstić information content (AvgIpc) is 1.41. The van der Waals surface area contributed by atoms with E-state index >= 15 is 0 Å². The van der Waals surface area contributed by atoms with Gasteiger partial charge in [-0.1, -0.05) is 22.6 Å². The fourth-order valence-electron chi connectivity index (χ4n) is 0. The van der Waals surface area contributed by atoms with Gasteiger partial charge in [0.2, 0.25) is 0 Å². The Balaban J connectivity index is 0. The summed E-state index contributed by atoms with van der Waals surface area (Å²) in [5, 5.41) is 0. The van der Waals surface area contributed by atoms with E-state index in [2.05, 4.69) is 22.6 Å². The molecule has 5 heteroatoms. The second-order valence-corrected chi connectivity index (χ2v) is 1.35. The summed E-state index contributed by atoms with van der Waals surface area (Å²) in [5.41, 5.74) is 0. The van der Waals surface area contributed by atoms with E-state index in [9.17, 15) is 0 Å². The summed E-state index contributed by atoms with van der Waals surface area (Å²) in [6, 6.07) is 0. The highest BCUT2D eigenvalue weighted by molar-refractivity contribution is 14.1. The van der Waals surface area contributed by atoms with Crippen molar-refractivity contribution in [3.8, 4) is 0 Å². The van der Waals surface area contributed by atoms with Gasteiger partial charge >= 0.3 is 21.1 Å². The zero-order valence-electron chi connectivity index (χ0n) is 3.02. The molecule has 1 N–H and O–H groups in total. The Morgan fingerprint density at radius 1 is 1.50 bits per heavy atom. The Kier molecular flexibility index (Phi) is 16.6. The second-order valence-electron chi connectivity index (χ2n) is 0.201. The monoisotopic (exact) mass is 318 g/mol. The molecule has 0 aromatic carbocycles. The van der Waals surface area contributed by atoms with E-state index in [1.54, 1.807) is 0 Å². The fourth-order valence-corrected chi connectivity index (χ4v) is 0. The van der Waals surface area contributed by atoms with Crippen LogP contribution in [-0.2, 0) is 0 Å². The molecule has 0 amide bonds. The molecule has 3 nitrogen and oxygen atoms in total. The maximum atomic E-state index is 8.68. The van der Waals surface area contributed by atoms with Gasteiger partial charge in [-0.3, -0.25) is 0 Å². The first kappa shape index (κ1) is 10.3. The second kappa shape index (κ2) is 9.60. The van der Waals surface area contributed by atoms with Crippen LogP contribution in [0.25, 0.3) is 0 Å². The molecule has 0 saturated carbocycles. The first-order chi connectivity index (χ1) is 2.73. The van der Waals surface area contributed by atoms with Crippen LogP contribution in [0.4, 0.5) is 0 Å². The Morgan fingerprint density at radius 3 is 1.50 bits per heavy atom. The van der Waals surface area contributed by atoms with Crippen molar-refractivity contribution in [1.29, 1.82) is 0 Å². The molecule has 0 bridgehead atoms. The molecule has 0 aromatic heterocycles. The third-order valence-corrected chi connectivity index (χ3v) is 0. The van der Waals surface area contributed by atoms with Crippen LogP contribution in [0.15, 0.2) is 0 Å². The Hall–Kier alpha value is 1.34. The van der Waals surface area contributed by atoms with Gasteiger partial charge in [0, 0.05) is 0 Å². The first-order valence-electron chi connectivity index (χ1n) is 0.856. The van der Waals surface area contributed by atoms with Gasteiger partial charge in [0.25, 0.3) is 0 Å². The van der Waals surface area contributed by atoms with Gasteiger partial charge in [0.05, 0.1) is 0 Å². The Morgan fingerprint density at radius 2 is 1.50 bits per heavy atom. The normalized spacial score (nSPS) is 7.00. The molecular weight excluding hydrogens is 314 g/mol. The lowest BCUT2D eigenvalue weighted by molar-refractivity contribution is -1.63. The Bertz CT molecular complexity index is 13.5. The third kappa shape index (κ3) is 56.0. The van der Waals surface area contributed by atoms with E-state index in [1.165, 1.54) is 0 Å². The molecule has 0 aliphatic rings. The van der Waals surface area contributed by atoms with E-state index in [4.69, 9.17) is 10.3 Å². The molecule has 0 aliphatic heterocycles. The zero-order chi connectivity index (χ0) is 5.58. The SMILES string of the molecule is CI.[O-][I+2]([O-])O. The van der Waals surface area contributed by atoms with Gasteiger partial charge in [-0.2, -0.15) is 0 Å². The van der Waals surface area contributed by atoms with Gasteiger partial charge in [-0.05, 0) is 8.37 Å². The summed E-state index contributed by atoms with van der Waals surface area (Å²) in [6.07, 6.45) is 0. The van der Waals surface area contributed by atoms with Crippen molar-refractivity contribution < 1.29 is 31.4 Å². The number of hydrogen-bond acceptors (Lipinski definition) is 3. The van der Waals surface area contributed by atoms with Crippen LogP contribution in [-0.4, -0.2) is 8.37 Å². The van der Waals surface area contributed by atoms with Crippen molar-refractivity contribution in [3.05, 3.63) is 0 Å². The lowest BCUT2D eigenvalue weighted by Crippen LogP contribution is -3.98. The lowest BCUT2D eigenvalue weighted by atomic mass is 12.0. The Labute approximate surface area is 58.6 Å². The van der Waals surface area contributed by atoms with Crippen molar-refractivity contribution in [3.63, 3.8) is 0 Å². The van der Waals surface area contributed by atoms with Gasteiger partial charge in [0.1, 0.15) is 0 Å². The van der Waals surface area contributed by atoms with Crippen LogP contribution in [0.2, 0.25) is 0 Å². The van der Waals surface area contributed by atoms with Crippen LogP contribution in [0, 0.1) is 0 Å². The number of rotatable bonds is 0. The van der Waals surface area contributed by atoms with E-state index in [-0.39, 0.29) is 0 Å². The largest absolute Gasteiger partial charge is 0.503 e. The number of hydrogen-bond donors (Lipinski definition) is 1. The molecule has 0 aromatic rings. The summed E-state index contributed by atoms with van der Waals surface area (Å²) in [6.45, 7) is 0. The summed E-state index contributed by atoms with van der Waals surface area (Å²) in [4.78, 5) is 1.97. The minimum atomic E-state index is -3.76. The van der Waals surface area contributed by atoms with Crippen molar-refractivity contribution in [2.45, 2.75) is 0 Å². The molecule has 0 fully saturated rings. The predicted molar refractivity (Wildman–Crippen MR) is 22.2 cm³/mol. The van der Waals surface area contributed by atoms with Crippen molar-refractivity contribution in [2.24, 2.45) is 0 Å². The molecule has 0 radical (unpaired) electrons. The molecule has 0 saturated heterocycles. The van der Waals surface area contributed by atoms with Gasteiger partial charge in [-0.25, -0.2) is 0 Å². The summed E-state index contributed by atoms with van der Waals surface area (Å²) in [5.74, 6) is 0. The van der Waals surface area contributed by atoms with Gasteiger partial charge in [0.15, 0.2) is 0 Å². The highest BCUT2D eigenvalue weighted by Gasteiger charge is 1.89. The molecular formula is CH4I2O3. The highest BCUT2D eigenvalue weighted by Crippen LogP contribution is 1.48. The van der Waals surface area contributed by atoms with Crippen molar-refractivity contribution in [1.82, 2.24) is 0 Å². The minimum Gasteiger partial charge on any atom is -0.396 e. The third-order valence-electron chi connectivity index (χ3n) is 0. The lowest BCUT2D eigenvalue weighted by Gasteiger charge is -1.67. The van der Waals surface area contributed by atoms with Crippen LogP contribution in [0.3, 0.4) is 0 Å². The number of alkyl halides is 1. The van der Waals surface area contributed by atoms with E-state index in [0.29, 0.717) is 0 Å². The maximum Gasteiger partial charge on any atom is 0.503 e. The van der Waals surface area contributed by atoms with E-state index in [1.807, 2.05) is 4.93 Å². The zero-order valence-corrected chi connectivity index (χ0v) is 7.33. The van der Waals surface area contributed by atoms with Crippen LogP contribution in [0.1, 0.15) is 0 Å². The summed E-state index contributed by atoms with van der Waals surface area (Å²) in [7, 11) is 0. The molecule has 40 valence electrons. The van der Waals surface area contributed by atoms with E-state index < -0.39 is 21.1 Å². The number of halogens is 2. The summed E-state index contributed by atoms with van der Waals surface area (Å²) >= 11 is -1.61. The van der Waals surface area contributed by atoms with Crippen LogP contribution in [0.5, 0.6) is 0 Å². The molecule has 0 unspecified atom stereocenters. The van der Waals surface area contributed by atoms with Crippen molar-refractivity contribution >= 4 is 22.6 Å². The predicted octanol–water partition coefficient (Wildman–Crippen LogP) is -4.88. The average molecular weight is 318 g/mol. The van der Waals surface area contributed by atoms with Gasteiger partial charge < -0.3 is 6.87 Å². The smallest absolute Gasteiger partial charge is 0.396 e. The maximum absolute atomic E-state index is 8.68.